The molecule has 0 aliphatic rings. The van der Waals surface area contributed by atoms with Crippen LogP contribution in [0.3, 0.4) is 0 Å². The van der Waals surface area contributed by atoms with Crippen LogP contribution >= 0.6 is 15.9 Å². The van der Waals surface area contributed by atoms with E-state index in [0.717, 1.165) is 19.1 Å². The van der Waals surface area contributed by atoms with Crippen LogP contribution < -0.4 is 4.72 Å². The van der Waals surface area contributed by atoms with Crippen LogP contribution in [0.1, 0.15) is 12.5 Å². The molecule has 0 heterocycles. The molecule has 0 bridgehead atoms. The van der Waals surface area contributed by atoms with Crippen molar-refractivity contribution in [1.82, 2.24) is 4.72 Å². The summed E-state index contributed by atoms with van der Waals surface area (Å²) in [4.78, 5) is 9.91. The third-order valence-electron chi connectivity index (χ3n) is 2.21. The van der Waals surface area contributed by atoms with Gasteiger partial charge < -0.3 is 5.11 Å². The molecule has 2 N–H and O–H groups in total. The van der Waals surface area contributed by atoms with E-state index in [1.165, 1.54) is 0 Å². The first-order chi connectivity index (χ1) is 8.93. The summed E-state index contributed by atoms with van der Waals surface area (Å²) in [5.74, 6) is -1.44. The molecule has 1 rings (SSSR count). The molecule has 112 valence electrons. The molecule has 0 saturated carbocycles. The highest BCUT2D eigenvalue weighted by Crippen LogP contribution is 2.33. The van der Waals surface area contributed by atoms with Gasteiger partial charge in [-0.1, -0.05) is 15.9 Å². The molecule has 5 nitrogen and oxygen atoms in total. The number of aliphatic carboxylic acids is 1. The largest absolute Gasteiger partial charge is 0.480 e. The molecule has 0 aromatic heterocycles. The molecular weight excluding hydrogens is 367 g/mol. The quantitative estimate of drug-likeness (QED) is 0.844. The maximum Gasteiger partial charge on any atom is 0.416 e. The first kappa shape index (κ1) is 16.9. The third-order valence-corrected chi connectivity index (χ3v) is 4.19. The highest BCUT2D eigenvalue weighted by Gasteiger charge is 2.33. The number of rotatable bonds is 4. The van der Waals surface area contributed by atoms with Gasteiger partial charge in [0.25, 0.3) is 0 Å². The van der Waals surface area contributed by atoms with Gasteiger partial charge in [-0.05, 0) is 25.1 Å². The molecule has 0 unspecified atom stereocenters. The number of halogens is 4. The molecule has 1 aromatic rings. The Balaban J connectivity index is 3.26. The van der Waals surface area contributed by atoms with E-state index >= 15 is 0 Å². The number of hydrogen-bond acceptors (Lipinski definition) is 3. The fraction of sp³-hybridized carbons (Fsp3) is 0.300. The van der Waals surface area contributed by atoms with Crippen LogP contribution in [-0.4, -0.2) is 25.5 Å². The summed E-state index contributed by atoms with van der Waals surface area (Å²) in [7, 11) is -4.37. The standard InChI is InChI=1S/C10H9BrF3NO4S/c1-5(9(16)17)15-20(18,19)8-3-6(10(12,13)14)2-7(11)4-8/h2-5,15H,1H3,(H,16,17)/t5-/m0/s1. The van der Waals surface area contributed by atoms with E-state index in [2.05, 4.69) is 15.9 Å². The predicted molar refractivity (Wildman–Crippen MR) is 66.6 cm³/mol. The zero-order valence-corrected chi connectivity index (χ0v) is 12.3. The molecule has 0 radical (unpaired) electrons. The Kier molecular flexibility index (Phi) is 4.82. The maximum atomic E-state index is 12.6. The van der Waals surface area contributed by atoms with Crippen molar-refractivity contribution in [2.45, 2.75) is 24.0 Å². The minimum Gasteiger partial charge on any atom is -0.480 e. The third kappa shape index (κ3) is 4.18. The van der Waals surface area contributed by atoms with Gasteiger partial charge in [0.1, 0.15) is 6.04 Å². The summed E-state index contributed by atoms with van der Waals surface area (Å²) in [5, 5.41) is 8.61. The molecule has 20 heavy (non-hydrogen) atoms. The lowest BCUT2D eigenvalue weighted by Gasteiger charge is -2.13. The van der Waals surface area contributed by atoms with E-state index in [4.69, 9.17) is 5.11 Å². The van der Waals surface area contributed by atoms with Crippen LogP contribution in [0.5, 0.6) is 0 Å². The highest BCUT2D eigenvalue weighted by molar-refractivity contribution is 9.10. The number of hydrogen-bond donors (Lipinski definition) is 2. The second-order valence-electron chi connectivity index (χ2n) is 3.85. The Morgan fingerprint density at radius 3 is 2.35 bits per heavy atom. The van der Waals surface area contributed by atoms with E-state index in [1.54, 1.807) is 4.72 Å². The number of nitrogens with one attached hydrogen (secondary N) is 1. The first-order valence-electron chi connectivity index (χ1n) is 5.06. The Bertz CT molecular complexity index is 630. The lowest BCUT2D eigenvalue weighted by atomic mass is 10.2. The Morgan fingerprint density at radius 1 is 1.35 bits per heavy atom. The summed E-state index contributed by atoms with van der Waals surface area (Å²) < 4.78 is 63.1. The number of carbonyl (C=O) groups is 1. The smallest absolute Gasteiger partial charge is 0.416 e. The lowest BCUT2D eigenvalue weighted by Crippen LogP contribution is -2.38. The second kappa shape index (κ2) is 5.70. The number of alkyl halides is 3. The monoisotopic (exact) mass is 375 g/mol. The zero-order chi connectivity index (χ0) is 15.7. The summed E-state index contributed by atoms with van der Waals surface area (Å²) in [6, 6.07) is 0.640. The van der Waals surface area contributed by atoms with Gasteiger partial charge in [0.05, 0.1) is 10.5 Å². The molecule has 0 fully saturated rings. The molecule has 0 amide bonds. The van der Waals surface area contributed by atoms with Gasteiger partial charge in [-0.15, -0.1) is 0 Å². The van der Waals surface area contributed by atoms with Gasteiger partial charge in [-0.2, -0.15) is 17.9 Å². The molecule has 1 aromatic carbocycles. The van der Waals surface area contributed by atoms with Crippen LogP contribution in [0.15, 0.2) is 27.6 Å². The van der Waals surface area contributed by atoms with Crippen molar-refractivity contribution in [2.75, 3.05) is 0 Å². The normalized spacial score (nSPS) is 14.1. The van der Waals surface area contributed by atoms with Gasteiger partial charge >= 0.3 is 12.1 Å². The topological polar surface area (TPSA) is 83.5 Å². The second-order valence-corrected chi connectivity index (χ2v) is 6.48. The maximum absolute atomic E-state index is 12.6. The summed E-state index contributed by atoms with van der Waals surface area (Å²) in [6.07, 6.45) is -4.72. The van der Waals surface area contributed by atoms with E-state index in [0.29, 0.717) is 6.07 Å². The van der Waals surface area contributed by atoms with Crippen molar-refractivity contribution < 1.29 is 31.5 Å². The average Bonchev–Trinajstić information content (AvgIpc) is 2.26. The van der Waals surface area contributed by atoms with Crippen molar-refractivity contribution in [1.29, 1.82) is 0 Å². The fourth-order valence-corrected chi connectivity index (χ4v) is 3.14. The minimum atomic E-state index is -4.72. The highest BCUT2D eigenvalue weighted by atomic mass is 79.9. The van der Waals surface area contributed by atoms with Gasteiger partial charge in [0.2, 0.25) is 10.0 Å². The van der Waals surface area contributed by atoms with Crippen LogP contribution in [0.2, 0.25) is 0 Å². The van der Waals surface area contributed by atoms with Crippen LogP contribution in [0.25, 0.3) is 0 Å². The van der Waals surface area contributed by atoms with E-state index in [1.807, 2.05) is 0 Å². The number of sulfonamides is 1. The van der Waals surface area contributed by atoms with Crippen molar-refractivity contribution >= 4 is 31.9 Å². The van der Waals surface area contributed by atoms with Gasteiger partial charge in [0.15, 0.2) is 0 Å². The molecule has 0 spiro atoms. The van der Waals surface area contributed by atoms with Crippen molar-refractivity contribution in [3.8, 4) is 0 Å². The molecular formula is C10H9BrF3NO4S. The fourth-order valence-electron chi connectivity index (χ4n) is 1.23. The SMILES string of the molecule is C[C@H](NS(=O)(=O)c1cc(Br)cc(C(F)(F)F)c1)C(=O)O. The van der Waals surface area contributed by atoms with E-state index < -0.39 is 38.7 Å². The Morgan fingerprint density at radius 2 is 1.90 bits per heavy atom. The van der Waals surface area contributed by atoms with E-state index in [9.17, 15) is 26.4 Å². The Labute approximate surface area is 121 Å². The van der Waals surface area contributed by atoms with Crippen molar-refractivity contribution in [3.63, 3.8) is 0 Å². The van der Waals surface area contributed by atoms with Gasteiger partial charge in [0, 0.05) is 4.47 Å². The number of carboxylic acids is 1. The van der Waals surface area contributed by atoms with Crippen molar-refractivity contribution in [3.05, 3.63) is 28.2 Å². The van der Waals surface area contributed by atoms with Crippen LogP contribution in [0, 0.1) is 0 Å². The first-order valence-corrected chi connectivity index (χ1v) is 7.34. The molecule has 0 aliphatic carbocycles. The minimum absolute atomic E-state index is 0.0873. The zero-order valence-electron chi connectivity index (χ0n) is 9.90. The molecule has 0 aliphatic heterocycles. The molecule has 10 heteroatoms. The van der Waals surface area contributed by atoms with Gasteiger partial charge in [-0.3, -0.25) is 4.79 Å². The molecule has 1 atom stereocenters. The van der Waals surface area contributed by atoms with Gasteiger partial charge in [-0.25, -0.2) is 8.42 Å². The van der Waals surface area contributed by atoms with E-state index in [-0.39, 0.29) is 4.47 Å². The van der Waals surface area contributed by atoms with Crippen molar-refractivity contribution in [2.24, 2.45) is 0 Å². The number of carboxylic acid groups (broad SMARTS) is 1. The lowest BCUT2D eigenvalue weighted by molar-refractivity contribution is -0.139. The summed E-state index contributed by atoms with van der Waals surface area (Å²) in [5.41, 5.74) is -1.16. The molecule has 0 saturated heterocycles. The summed E-state index contributed by atoms with van der Waals surface area (Å²) >= 11 is 2.78. The Hall–Kier alpha value is -1.13. The summed E-state index contributed by atoms with van der Waals surface area (Å²) in [6.45, 7) is 1.06. The van der Waals surface area contributed by atoms with Crippen LogP contribution in [0.4, 0.5) is 13.2 Å². The number of benzene rings is 1. The van der Waals surface area contributed by atoms with Crippen LogP contribution in [-0.2, 0) is 21.0 Å². The predicted octanol–water partition coefficient (Wildman–Crippen LogP) is 2.22. The average molecular weight is 376 g/mol.